The molecule has 16 heavy (non-hydrogen) atoms. The first-order valence-corrected chi connectivity index (χ1v) is 5.62. The Morgan fingerprint density at radius 1 is 1.62 bits per heavy atom. The van der Waals surface area contributed by atoms with E-state index in [1.54, 1.807) is 16.8 Å². The van der Waals surface area contributed by atoms with Crippen molar-refractivity contribution >= 4 is 11.9 Å². The molecule has 0 bridgehead atoms. The molecule has 1 saturated heterocycles. The van der Waals surface area contributed by atoms with Gasteiger partial charge in [0.05, 0.1) is 6.54 Å². The smallest absolute Gasteiger partial charge is 0.317 e. The van der Waals surface area contributed by atoms with Crippen LogP contribution in [0.1, 0.15) is 6.92 Å². The van der Waals surface area contributed by atoms with E-state index in [1.165, 1.54) is 0 Å². The Labute approximate surface area is 96.0 Å². The highest BCUT2D eigenvalue weighted by molar-refractivity contribution is 5.78. The molecule has 92 valence electrons. The van der Waals surface area contributed by atoms with Gasteiger partial charge in [0.15, 0.2) is 0 Å². The average molecular weight is 228 g/mol. The van der Waals surface area contributed by atoms with Crippen molar-refractivity contribution in [1.29, 1.82) is 0 Å². The van der Waals surface area contributed by atoms with Crippen LogP contribution >= 0.6 is 0 Å². The normalized spacial score (nSPS) is 15.1. The highest BCUT2D eigenvalue weighted by Crippen LogP contribution is 1.94. The third-order valence-corrected chi connectivity index (χ3v) is 2.68. The molecule has 1 rings (SSSR count). The Kier molecular flexibility index (Phi) is 5.04. The van der Waals surface area contributed by atoms with E-state index in [0.29, 0.717) is 19.6 Å². The van der Waals surface area contributed by atoms with Gasteiger partial charge in [0.25, 0.3) is 0 Å². The lowest BCUT2D eigenvalue weighted by molar-refractivity contribution is -0.128. The molecule has 6 nitrogen and oxygen atoms in total. The molecule has 0 saturated carbocycles. The number of carbonyl (C=O) groups is 2. The van der Waals surface area contributed by atoms with Crippen molar-refractivity contribution in [2.75, 3.05) is 46.3 Å². The van der Waals surface area contributed by atoms with E-state index in [1.807, 2.05) is 6.92 Å². The van der Waals surface area contributed by atoms with Crippen LogP contribution in [-0.2, 0) is 4.79 Å². The van der Waals surface area contributed by atoms with Crippen LogP contribution in [0.25, 0.3) is 0 Å². The van der Waals surface area contributed by atoms with Gasteiger partial charge in [0.1, 0.15) is 0 Å². The van der Waals surface area contributed by atoms with Crippen molar-refractivity contribution in [2.45, 2.75) is 6.92 Å². The van der Waals surface area contributed by atoms with Crippen molar-refractivity contribution in [1.82, 2.24) is 20.4 Å². The maximum Gasteiger partial charge on any atom is 0.317 e. The van der Waals surface area contributed by atoms with Crippen LogP contribution in [0.2, 0.25) is 0 Å². The van der Waals surface area contributed by atoms with Crippen LogP contribution in [0.15, 0.2) is 0 Å². The summed E-state index contributed by atoms with van der Waals surface area (Å²) in [5.74, 6) is 0.0772. The summed E-state index contributed by atoms with van der Waals surface area (Å²) in [7, 11) is 1.78. The highest BCUT2D eigenvalue weighted by Gasteiger charge is 2.18. The van der Waals surface area contributed by atoms with Gasteiger partial charge >= 0.3 is 6.03 Å². The standard InChI is InChI=1S/C10H20N4O2/c1-3-13(2)9(15)8-11-4-6-14-7-5-12-10(14)16/h11H,3-8H2,1-2H3,(H,12,16). The van der Waals surface area contributed by atoms with E-state index in [-0.39, 0.29) is 11.9 Å². The van der Waals surface area contributed by atoms with Crippen LogP contribution in [-0.4, -0.2) is 68.1 Å². The summed E-state index contributed by atoms with van der Waals surface area (Å²) in [4.78, 5) is 26.0. The van der Waals surface area contributed by atoms with Crippen molar-refractivity contribution in [3.05, 3.63) is 0 Å². The second-order valence-corrected chi connectivity index (χ2v) is 3.80. The van der Waals surface area contributed by atoms with E-state index in [0.717, 1.165) is 19.6 Å². The first kappa shape index (κ1) is 12.8. The molecule has 0 aromatic rings. The Bertz CT molecular complexity index is 257. The molecule has 1 heterocycles. The van der Waals surface area contributed by atoms with Gasteiger partial charge in [0, 0.05) is 39.8 Å². The predicted molar refractivity (Wildman–Crippen MR) is 61.2 cm³/mol. The lowest BCUT2D eigenvalue weighted by Crippen LogP contribution is -2.39. The number of likely N-dealkylation sites (N-methyl/N-ethyl adjacent to an activating group) is 1. The molecule has 0 spiro atoms. The fourth-order valence-corrected chi connectivity index (χ4v) is 1.45. The largest absolute Gasteiger partial charge is 0.345 e. The highest BCUT2D eigenvalue weighted by atomic mass is 16.2. The number of amides is 3. The SMILES string of the molecule is CCN(C)C(=O)CNCCN1CCNC1=O. The zero-order valence-corrected chi connectivity index (χ0v) is 9.95. The number of carbonyl (C=O) groups excluding carboxylic acids is 2. The molecule has 0 aliphatic carbocycles. The van der Waals surface area contributed by atoms with Crippen LogP contribution < -0.4 is 10.6 Å². The minimum absolute atomic E-state index is 0.0150. The number of nitrogens with one attached hydrogen (secondary N) is 2. The summed E-state index contributed by atoms with van der Waals surface area (Å²) in [6.07, 6.45) is 0. The molecular weight excluding hydrogens is 208 g/mol. The molecule has 0 aromatic heterocycles. The Morgan fingerprint density at radius 2 is 2.38 bits per heavy atom. The molecule has 1 fully saturated rings. The maximum absolute atomic E-state index is 11.4. The number of nitrogens with zero attached hydrogens (tertiary/aromatic N) is 2. The number of hydrogen-bond acceptors (Lipinski definition) is 3. The van der Waals surface area contributed by atoms with Crippen molar-refractivity contribution in [3.8, 4) is 0 Å². The minimum atomic E-state index is -0.0150. The van der Waals surface area contributed by atoms with Gasteiger partial charge in [-0.2, -0.15) is 0 Å². The zero-order chi connectivity index (χ0) is 12.0. The molecule has 0 atom stereocenters. The summed E-state index contributed by atoms with van der Waals surface area (Å²) in [5, 5.41) is 5.77. The molecule has 6 heteroatoms. The third kappa shape index (κ3) is 3.69. The van der Waals surface area contributed by atoms with Crippen LogP contribution in [0, 0.1) is 0 Å². The third-order valence-electron chi connectivity index (χ3n) is 2.68. The summed E-state index contributed by atoms with van der Waals surface area (Å²) >= 11 is 0. The first-order valence-electron chi connectivity index (χ1n) is 5.62. The van der Waals surface area contributed by atoms with Gasteiger partial charge in [-0.1, -0.05) is 0 Å². The van der Waals surface area contributed by atoms with E-state index in [9.17, 15) is 9.59 Å². The van der Waals surface area contributed by atoms with Gasteiger partial charge in [-0.15, -0.1) is 0 Å². The van der Waals surface area contributed by atoms with Gasteiger partial charge < -0.3 is 20.4 Å². The first-order chi connectivity index (χ1) is 7.65. The van der Waals surface area contributed by atoms with Crippen LogP contribution in [0.3, 0.4) is 0 Å². The Morgan fingerprint density at radius 3 is 2.94 bits per heavy atom. The molecule has 0 aromatic carbocycles. The van der Waals surface area contributed by atoms with E-state index in [4.69, 9.17) is 0 Å². The average Bonchev–Trinajstić information content (AvgIpc) is 2.69. The molecule has 3 amide bonds. The molecule has 1 aliphatic rings. The predicted octanol–water partition coefficient (Wildman–Crippen LogP) is -0.920. The fourth-order valence-electron chi connectivity index (χ4n) is 1.45. The molecule has 2 N–H and O–H groups in total. The second-order valence-electron chi connectivity index (χ2n) is 3.80. The van der Waals surface area contributed by atoms with Crippen LogP contribution in [0.4, 0.5) is 4.79 Å². The lowest BCUT2D eigenvalue weighted by atomic mass is 10.4. The number of rotatable bonds is 6. The monoisotopic (exact) mass is 228 g/mol. The fraction of sp³-hybridized carbons (Fsp3) is 0.800. The van der Waals surface area contributed by atoms with Gasteiger partial charge in [-0.05, 0) is 6.92 Å². The quantitative estimate of drug-likeness (QED) is 0.578. The van der Waals surface area contributed by atoms with Gasteiger partial charge in [0.2, 0.25) is 5.91 Å². The Balaban J connectivity index is 2.07. The van der Waals surface area contributed by atoms with E-state index >= 15 is 0 Å². The summed E-state index contributed by atoms with van der Waals surface area (Å²) in [6.45, 7) is 5.76. The number of urea groups is 1. The summed E-state index contributed by atoms with van der Waals surface area (Å²) in [5.41, 5.74) is 0. The van der Waals surface area contributed by atoms with Gasteiger partial charge in [-0.3, -0.25) is 4.79 Å². The topological polar surface area (TPSA) is 64.7 Å². The maximum atomic E-state index is 11.4. The number of hydrogen-bond donors (Lipinski definition) is 2. The second kappa shape index (κ2) is 6.32. The lowest BCUT2D eigenvalue weighted by Gasteiger charge is -2.16. The summed E-state index contributed by atoms with van der Waals surface area (Å²) < 4.78 is 0. The molecular formula is C10H20N4O2. The molecule has 1 aliphatic heterocycles. The van der Waals surface area contributed by atoms with Gasteiger partial charge in [-0.25, -0.2) is 4.79 Å². The minimum Gasteiger partial charge on any atom is -0.345 e. The Hall–Kier alpha value is -1.30. The van der Waals surface area contributed by atoms with Crippen molar-refractivity contribution < 1.29 is 9.59 Å². The van der Waals surface area contributed by atoms with Crippen molar-refractivity contribution in [2.24, 2.45) is 0 Å². The summed E-state index contributed by atoms with van der Waals surface area (Å²) in [6, 6.07) is -0.0150. The van der Waals surface area contributed by atoms with Crippen molar-refractivity contribution in [3.63, 3.8) is 0 Å². The molecule has 0 unspecified atom stereocenters. The molecule has 0 radical (unpaired) electrons. The van der Waals surface area contributed by atoms with Crippen LogP contribution in [0.5, 0.6) is 0 Å². The van der Waals surface area contributed by atoms with E-state index in [2.05, 4.69) is 10.6 Å². The zero-order valence-electron chi connectivity index (χ0n) is 9.95. The van der Waals surface area contributed by atoms with E-state index < -0.39 is 0 Å².